The van der Waals surface area contributed by atoms with Gasteiger partial charge in [-0.1, -0.05) is 92.2 Å². The summed E-state index contributed by atoms with van der Waals surface area (Å²) < 4.78 is 0. The van der Waals surface area contributed by atoms with Crippen molar-refractivity contribution in [3.63, 3.8) is 0 Å². The molecule has 0 bridgehead atoms. The lowest BCUT2D eigenvalue weighted by molar-refractivity contribution is -0.112. The average molecular weight is 446 g/mol. The molecule has 1 amide bonds. The highest BCUT2D eigenvalue weighted by atomic mass is 16.1. The predicted molar refractivity (Wildman–Crippen MR) is 138 cm³/mol. The molecule has 4 rings (SSSR count). The number of nitrogens with one attached hydrogen (secondary N) is 1. The molecule has 0 fully saturated rings. The maximum Gasteiger partial charge on any atom is 0.266 e. The van der Waals surface area contributed by atoms with Crippen molar-refractivity contribution in [3.8, 4) is 6.07 Å². The number of carbonyl (C=O) groups excluding carboxylic acids is 1. The van der Waals surface area contributed by atoms with E-state index in [4.69, 9.17) is 0 Å². The molecule has 0 unspecified atom stereocenters. The molecule has 1 N–H and O–H groups in total. The normalized spacial score (nSPS) is 12.9. The molecule has 0 aliphatic carbocycles. The number of hydrogen-bond donors (Lipinski definition) is 1. The van der Waals surface area contributed by atoms with Crippen LogP contribution in [0.1, 0.15) is 30.9 Å². The van der Waals surface area contributed by atoms with Gasteiger partial charge in [0, 0.05) is 29.2 Å². The van der Waals surface area contributed by atoms with Crippen molar-refractivity contribution in [3.05, 3.63) is 125 Å². The van der Waals surface area contributed by atoms with E-state index in [9.17, 15) is 10.1 Å². The molecule has 0 saturated carbocycles. The molecule has 4 heteroatoms. The lowest BCUT2D eigenvalue weighted by atomic mass is 9.95. The Kier molecular flexibility index (Phi) is 7.37. The molecule has 4 nitrogen and oxygen atoms in total. The third-order valence-electron chi connectivity index (χ3n) is 5.70. The van der Waals surface area contributed by atoms with Crippen molar-refractivity contribution in [2.24, 2.45) is 0 Å². The van der Waals surface area contributed by atoms with Crippen LogP contribution in [-0.2, 0) is 4.79 Å². The number of allylic oxidation sites excluding steroid dienone is 3. The Morgan fingerprint density at radius 2 is 1.32 bits per heavy atom. The fraction of sp³-hybridized carbons (Fsp3) is 0.133. The molecule has 0 aromatic heterocycles. The van der Waals surface area contributed by atoms with Gasteiger partial charge < -0.3 is 10.2 Å². The SMILES string of the molecule is CCCCN1C(c2ccccc2)=CC(=C(C#N)C(=O)Nc2ccccc2)C=C1c1ccccc1. The first-order valence-corrected chi connectivity index (χ1v) is 11.5. The van der Waals surface area contributed by atoms with E-state index in [1.165, 1.54) is 0 Å². The predicted octanol–water partition coefficient (Wildman–Crippen LogP) is 6.64. The Hall–Kier alpha value is -4.36. The maximum absolute atomic E-state index is 13.1. The van der Waals surface area contributed by atoms with Crippen LogP contribution in [-0.4, -0.2) is 17.4 Å². The first-order chi connectivity index (χ1) is 16.7. The van der Waals surface area contributed by atoms with Gasteiger partial charge in [0.15, 0.2) is 0 Å². The number of nitriles is 1. The van der Waals surface area contributed by atoms with Crippen molar-refractivity contribution in [1.82, 2.24) is 4.90 Å². The summed E-state index contributed by atoms with van der Waals surface area (Å²) in [5, 5.41) is 12.9. The molecule has 34 heavy (non-hydrogen) atoms. The molecule has 1 heterocycles. The van der Waals surface area contributed by atoms with Crippen molar-refractivity contribution in [1.29, 1.82) is 5.26 Å². The molecular weight excluding hydrogens is 418 g/mol. The van der Waals surface area contributed by atoms with Crippen LogP contribution in [0.15, 0.2) is 114 Å². The van der Waals surface area contributed by atoms with E-state index in [-0.39, 0.29) is 5.57 Å². The molecule has 0 radical (unpaired) electrons. The number of unbranched alkanes of at least 4 members (excludes halogenated alkanes) is 1. The minimum atomic E-state index is -0.418. The highest BCUT2D eigenvalue weighted by Crippen LogP contribution is 2.36. The molecule has 1 aliphatic rings. The van der Waals surface area contributed by atoms with Crippen molar-refractivity contribution >= 4 is 23.0 Å². The van der Waals surface area contributed by atoms with Gasteiger partial charge in [0.25, 0.3) is 5.91 Å². The second-order valence-corrected chi connectivity index (χ2v) is 8.06. The maximum atomic E-state index is 13.1. The molecular formula is C30H27N3O. The van der Waals surface area contributed by atoms with Gasteiger partial charge in [-0.25, -0.2) is 0 Å². The van der Waals surface area contributed by atoms with E-state index >= 15 is 0 Å². The van der Waals surface area contributed by atoms with E-state index in [0.29, 0.717) is 11.3 Å². The van der Waals surface area contributed by atoms with E-state index in [2.05, 4.69) is 47.5 Å². The zero-order valence-electron chi connectivity index (χ0n) is 19.2. The van der Waals surface area contributed by atoms with Gasteiger partial charge in [0.05, 0.1) is 0 Å². The number of nitrogens with zero attached hydrogens (tertiary/aromatic N) is 2. The summed E-state index contributed by atoms with van der Waals surface area (Å²) in [4.78, 5) is 15.4. The zero-order valence-corrected chi connectivity index (χ0v) is 19.2. The molecule has 3 aromatic rings. The van der Waals surface area contributed by atoms with Crippen LogP contribution >= 0.6 is 0 Å². The van der Waals surface area contributed by atoms with Gasteiger partial charge in [-0.05, 0) is 41.8 Å². The molecule has 1 aliphatic heterocycles. The molecule has 0 spiro atoms. The Labute approximate surface area is 201 Å². The Bertz CT molecular complexity index is 1210. The summed E-state index contributed by atoms with van der Waals surface area (Å²) in [5.74, 6) is -0.418. The van der Waals surface area contributed by atoms with Gasteiger partial charge in [-0.15, -0.1) is 0 Å². The zero-order chi connectivity index (χ0) is 23.8. The number of para-hydroxylation sites is 1. The number of anilines is 1. The van der Waals surface area contributed by atoms with Crippen molar-refractivity contribution in [2.75, 3.05) is 11.9 Å². The largest absolute Gasteiger partial charge is 0.340 e. The van der Waals surface area contributed by atoms with Gasteiger partial charge in [-0.3, -0.25) is 4.79 Å². The lowest BCUT2D eigenvalue weighted by Gasteiger charge is -2.34. The van der Waals surface area contributed by atoms with Crippen LogP contribution in [0.2, 0.25) is 0 Å². The monoisotopic (exact) mass is 445 g/mol. The van der Waals surface area contributed by atoms with Crippen molar-refractivity contribution < 1.29 is 4.79 Å². The molecule has 3 aromatic carbocycles. The summed E-state index contributed by atoms with van der Waals surface area (Å²) in [6, 6.07) is 31.6. The second kappa shape index (κ2) is 11.0. The van der Waals surface area contributed by atoms with E-state index in [1.54, 1.807) is 12.1 Å². The number of hydrogen-bond acceptors (Lipinski definition) is 3. The summed E-state index contributed by atoms with van der Waals surface area (Å²) in [6.45, 7) is 3.01. The van der Waals surface area contributed by atoms with E-state index in [0.717, 1.165) is 41.9 Å². The average Bonchev–Trinajstić information content (AvgIpc) is 2.89. The smallest absolute Gasteiger partial charge is 0.266 e. The van der Waals surface area contributed by atoms with Crippen LogP contribution in [0.5, 0.6) is 0 Å². The van der Waals surface area contributed by atoms with Crippen LogP contribution in [0, 0.1) is 11.3 Å². The third kappa shape index (κ3) is 5.16. The summed E-state index contributed by atoms with van der Waals surface area (Å²) >= 11 is 0. The van der Waals surface area contributed by atoms with Crippen LogP contribution < -0.4 is 5.32 Å². The summed E-state index contributed by atoms with van der Waals surface area (Å²) in [6.07, 6.45) is 6.00. The standard InChI is InChI=1S/C30H27N3O/c1-2-3-19-33-28(23-13-7-4-8-14-23)20-25(21-29(33)24-15-9-5-10-16-24)27(22-31)30(34)32-26-17-11-6-12-18-26/h4-18,20-21H,2-3,19H2,1H3,(H,32,34). The van der Waals surface area contributed by atoms with Gasteiger partial charge in [0.1, 0.15) is 11.6 Å². The minimum absolute atomic E-state index is 0.0841. The van der Waals surface area contributed by atoms with Gasteiger partial charge >= 0.3 is 0 Å². The number of rotatable bonds is 7. The number of carbonyl (C=O) groups is 1. The second-order valence-electron chi connectivity index (χ2n) is 8.06. The van der Waals surface area contributed by atoms with Crippen LogP contribution in [0.4, 0.5) is 5.69 Å². The van der Waals surface area contributed by atoms with Crippen molar-refractivity contribution in [2.45, 2.75) is 19.8 Å². The molecule has 0 atom stereocenters. The third-order valence-corrected chi connectivity index (χ3v) is 5.70. The highest BCUT2D eigenvalue weighted by Gasteiger charge is 2.25. The summed E-state index contributed by atoms with van der Waals surface area (Å²) in [5.41, 5.74) is 5.37. The Morgan fingerprint density at radius 1 is 0.824 bits per heavy atom. The summed E-state index contributed by atoms with van der Waals surface area (Å²) in [7, 11) is 0. The fourth-order valence-electron chi connectivity index (χ4n) is 3.98. The fourth-order valence-corrected chi connectivity index (χ4v) is 3.98. The van der Waals surface area contributed by atoms with Crippen LogP contribution in [0.3, 0.4) is 0 Å². The Morgan fingerprint density at radius 3 is 1.79 bits per heavy atom. The first kappa shape index (κ1) is 22.8. The van der Waals surface area contributed by atoms with Crippen LogP contribution in [0.25, 0.3) is 11.4 Å². The Balaban J connectivity index is 1.86. The van der Waals surface area contributed by atoms with Gasteiger partial charge in [-0.2, -0.15) is 5.26 Å². The topological polar surface area (TPSA) is 56.1 Å². The number of benzene rings is 3. The molecule has 168 valence electrons. The number of amides is 1. The van der Waals surface area contributed by atoms with E-state index < -0.39 is 5.91 Å². The first-order valence-electron chi connectivity index (χ1n) is 11.5. The van der Waals surface area contributed by atoms with E-state index in [1.807, 2.05) is 66.7 Å². The molecule has 0 saturated heterocycles. The quantitative estimate of drug-likeness (QED) is 0.327. The lowest BCUT2D eigenvalue weighted by Crippen LogP contribution is -2.25. The highest BCUT2D eigenvalue weighted by molar-refractivity contribution is 6.08. The minimum Gasteiger partial charge on any atom is -0.340 e. The van der Waals surface area contributed by atoms with Gasteiger partial charge in [0.2, 0.25) is 0 Å².